The largest absolute Gasteiger partial charge is 0.462 e. The highest BCUT2D eigenvalue weighted by Crippen LogP contribution is 2.24. The van der Waals surface area contributed by atoms with Crippen LogP contribution >= 0.6 is 0 Å². The summed E-state index contributed by atoms with van der Waals surface area (Å²) in [6.45, 7) is 6.47. The molecule has 1 aromatic heterocycles. The maximum Gasteiger partial charge on any atom is 0.244 e. The number of nitrogens with one attached hydrogen (secondary N) is 1. The minimum Gasteiger partial charge on any atom is -0.462 e. The normalized spacial score (nSPS) is 12.0. The summed E-state index contributed by atoms with van der Waals surface area (Å²) in [6, 6.07) is 3.66. The predicted molar refractivity (Wildman–Crippen MR) is 75.6 cm³/mol. The maximum absolute atomic E-state index is 11.7. The number of aryl methyl sites for hydroxylation is 1. The van der Waals surface area contributed by atoms with E-state index in [0.29, 0.717) is 12.3 Å². The van der Waals surface area contributed by atoms with Crippen LogP contribution in [0.2, 0.25) is 0 Å². The molecule has 1 heterocycles. The second-order valence-electron chi connectivity index (χ2n) is 4.86. The van der Waals surface area contributed by atoms with Crippen LogP contribution in [0.1, 0.15) is 38.2 Å². The predicted octanol–water partition coefficient (Wildman–Crippen LogP) is 2.52. The van der Waals surface area contributed by atoms with Crippen molar-refractivity contribution in [1.82, 2.24) is 5.32 Å². The second kappa shape index (κ2) is 7.14. The number of carbonyl (C=O) groups is 1. The molecule has 19 heavy (non-hydrogen) atoms. The van der Waals surface area contributed by atoms with Gasteiger partial charge in [-0.3, -0.25) is 4.79 Å². The standard InChI is InChI=1S/C15H23NO3/c1-4-15(5-2,11-17)10-16-14(18)9-8-13-7-6-12(3)19-13/h6-9,17H,4-5,10-11H2,1-3H3,(H,16,18)/b9-8+. The third kappa shape index (κ3) is 4.56. The quantitative estimate of drug-likeness (QED) is 0.745. The third-order valence-electron chi connectivity index (χ3n) is 3.63. The highest BCUT2D eigenvalue weighted by atomic mass is 16.3. The molecule has 0 bridgehead atoms. The van der Waals surface area contributed by atoms with Crippen molar-refractivity contribution < 1.29 is 14.3 Å². The van der Waals surface area contributed by atoms with Gasteiger partial charge in [-0.2, -0.15) is 0 Å². The van der Waals surface area contributed by atoms with Gasteiger partial charge < -0.3 is 14.8 Å². The Kier molecular flexibility index (Phi) is 5.83. The smallest absolute Gasteiger partial charge is 0.244 e. The van der Waals surface area contributed by atoms with Crippen LogP contribution < -0.4 is 5.32 Å². The van der Waals surface area contributed by atoms with Crippen molar-refractivity contribution >= 4 is 12.0 Å². The molecule has 0 radical (unpaired) electrons. The number of hydrogen-bond acceptors (Lipinski definition) is 3. The molecule has 0 aliphatic rings. The van der Waals surface area contributed by atoms with Crippen molar-refractivity contribution in [3.8, 4) is 0 Å². The fourth-order valence-electron chi connectivity index (χ4n) is 1.81. The van der Waals surface area contributed by atoms with Gasteiger partial charge in [0, 0.05) is 18.0 Å². The van der Waals surface area contributed by atoms with Crippen LogP contribution in [0.15, 0.2) is 22.6 Å². The lowest BCUT2D eigenvalue weighted by atomic mass is 9.83. The first-order valence-corrected chi connectivity index (χ1v) is 6.68. The number of rotatable bonds is 7. The van der Waals surface area contributed by atoms with Crippen LogP contribution in [0.25, 0.3) is 6.08 Å². The summed E-state index contributed by atoms with van der Waals surface area (Å²) in [5.74, 6) is 1.30. The molecule has 0 spiro atoms. The van der Waals surface area contributed by atoms with Crippen molar-refractivity contribution in [3.05, 3.63) is 29.7 Å². The fourth-order valence-corrected chi connectivity index (χ4v) is 1.81. The molecule has 1 aromatic rings. The topological polar surface area (TPSA) is 62.5 Å². The highest BCUT2D eigenvalue weighted by molar-refractivity contribution is 5.91. The molecule has 4 heteroatoms. The Labute approximate surface area is 114 Å². The van der Waals surface area contributed by atoms with Crippen LogP contribution in [-0.4, -0.2) is 24.2 Å². The molecule has 0 saturated heterocycles. The summed E-state index contributed by atoms with van der Waals surface area (Å²) in [5, 5.41) is 12.2. The summed E-state index contributed by atoms with van der Waals surface area (Å²) in [5.41, 5.74) is -0.217. The van der Waals surface area contributed by atoms with Gasteiger partial charge >= 0.3 is 0 Å². The molecule has 0 aliphatic heterocycles. The number of aliphatic hydroxyl groups is 1. The van der Waals surface area contributed by atoms with E-state index in [-0.39, 0.29) is 17.9 Å². The van der Waals surface area contributed by atoms with Crippen molar-refractivity contribution in [2.75, 3.05) is 13.2 Å². The van der Waals surface area contributed by atoms with E-state index >= 15 is 0 Å². The van der Waals surface area contributed by atoms with Crippen LogP contribution in [0.5, 0.6) is 0 Å². The van der Waals surface area contributed by atoms with Crippen LogP contribution in [0, 0.1) is 12.3 Å². The molecular weight excluding hydrogens is 242 g/mol. The molecule has 0 aliphatic carbocycles. The van der Waals surface area contributed by atoms with Gasteiger partial charge in [0.1, 0.15) is 11.5 Å². The third-order valence-corrected chi connectivity index (χ3v) is 3.63. The first-order valence-electron chi connectivity index (χ1n) is 6.68. The van der Waals surface area contributed by atoms with Crippen molar-refractivity contribution in [2.24, 2.45) is 5.41 Å². The molecule has 0 aromatic carbocycles. The fraction of sp³-hybridized carbons (Fsp3) is 0.533. The zero-order chi connectivity index (χ0) is 14.3. The molecule has 1 rings (SSSR count). The van der Waals surface area contributed by atoms with E-state index in [1.54, 1.807) is 6.08 Å². The van der Waals surface area contributed by atoms with Crippen molar-refractivity contribution in [1.29, 1.82) is 0 Å². The summed E-state index contributed by atoms with van der Waals surface area (Å²) in [6.07, 6.45) is 4.76. The number of amides is 1. The second-order valence-corrected chi connectivity index (χ2v) is 4.86. The average molecular weight is 265 g/mol. The Morgan fingerprint density at radius 3 is 2.58 bits per heavy atom. The Morgan fingerprint density at radius 1 is 1.42 bits per heavy atom. The number of carbonyl (C=O) groups excluding carboxylic acids is 1. The molecule has 1 amide bonds. The van der Waals surface area contributed by atoms with E-state index in [0.717, 1.165) is 18.6 Å². The summed E-state index contributed by atoms with van der Waals surface area (Å²) in [7, 11) is 0. The highest BCUT2D eigenvalue weighted by Gasteiger charge is 2.25. The average Bonchev–Trinajstić information content (AvgIpc) is 2.84. The molecule has 0 atom stereocenters. The van der Waals surface area contributed by atoms with Crippen LogP contribution in [-0.2, 0) is 4.79 Å². The molecule has 0 unspecified atom stereocenters. The number of aliphatic hydroxyl groups excluding tert-OH is 1. The van der Waals surface area contributed by atoms with Crippen molar-refractivity contribution in [2.45, 2.75) is 33.6 Å². The molecule has 0 fully saturated rings. The number of hydrogen-bond donors (Lipinski definition) is 2. The van der Waals surface area contributed by atoms with Gasteiger partial charge in [-0.1, -0.05) is 13.8 Å². The lowest BCUT2D eigenvalue weighted by Gasteiger charge is -2.29. The lowest BCUT2D eigenvalue weighted by molar-refractivity contribution is -0.117. The van der Waals surface area contributed by atoms with E-state index in [1.165, 1.54) is 6.08 Å². The summed E-state index contributed by atoms with van der Waals surface area (Å²) in [4.78, 5) is 11.7. The van der Waals surface area contributed by atoms with Gasteiger partial charge in [0.25, 0.3) is 0 Å². The zero-order valence-corrected chi connectivity index (χ0v) is 11.9. The molecule has 0 saturated carbocycles. The van der Waals surface area contributed by atoms with Gasteiger partial charge in [-0.25, -0.2) is 0 Å². The molecular formula is C15H23NO3. The molecule has 2 N–H and O–H groups in total. The molecule has 106 valence electrons. The minimum absolute atomic E-state index is 0.0847. The Morgan fingerprint density at radius 2 is 2.11 bits per heavy atom. The Hall–Kier alpha value is -1.55. The van der Waals surface area contributed by atoms with E-state index in [1.807, 2.05) is 32.9 Å². The van der Waals surface area contributed by atoms with Crippen LogP contribution in [0.4, 0.5) is 0 Å². The van der Waals surface area contributed by atoms with Gasteiger partial charge in [0.15, 0.2) is 0 Å². The first kappa shape index (κ1) is 15.5. The monoisotopic (exact) mass is 265 g/mol. The van der Waals surface area contributed by atoms with Gasteiger partial charge in [-0.05, 0) is 38.0 Å². The Bertz CT molecular complexity index is 422. The van der Waals surface area contributed by atoms with E-state index in [4.69, 9.17) is 4.42 Å². The van der Waals surface area contributed by atoms with E-state index in [9.17, 15) is 9.90 Å². The zero-order valence-electron chi connectivity index (χ0n) is 11.9. The SMILES string of the molecule is CCC(CC)(CO)CNC(=O)/C=C/c1ccc(C)o1. The van der Waals surface area contributed by atoms with Crippen LogP contribution in [0.3, 0.4) is 0 Å². The molecule has 4 nitrogen and oxygen atoms in total. The van der Waals surface area contributed by atoms with E-state index < -0.39 is 0 Å². The van der Waals surface area contributed by atoms with Gasteiger partial charge in [-0.15, -0.1) is 0 Å². The van der Waals surface area contributed by atoms with Gasteiger partial charge in [0.2, 0.25) is 5.91 Å². The Balaban J connectivity index is 2.49. The summed E-state index contributed by atoms with van der Waals surface area (Å²) >= 11 is 0. The lowest BCUT2D eigenvalue weighted by Crippen LogP contribution is -2.38. The van der Waals surface area contributed by atoms with Gasteiger partial charge in [0.05, 0.1) is 6.61 Å². The summed E-state index contributed by atoms with van der Waals surface area (Å²) < 4.78 is 5.34. The minimum atomic E-state index is -0.217. The van der Waals surface area contributed by atoms with Crippen molar-refractivity contribution in [3.63, 3.8) is 0 Å². The van der Waals surface area contributed by atoms with E-state index in [2.05, 4.69) is 5.32 Å². The maximum atomic E-state index is 11.7. The number of furan rings is 1. The first-order chi connectivity index (χ1) is 9.05.